The van der Waals surface area contributed by atoms with Crippen LogP contribution in [0.2, 0.25) is 10.0 Å². The third kappa shape index (κ3) is 4.06. The number of hydrogen-bond donors (Lipinski definition) is 1. The average Bonchev–Trinajstić information content (AvgIpc) is 2.68. The predicted molar refractivity (Wildman–Crippen MR) is 112 cm³/mol. The number of carboxylic acid groups (broad SMARTS) is 1. The summed E-state index contributed by atoms with van der Waals surface area (Å²) >= 11 is 12.0. The molecule has 0 fully saturated rings. The SMILES string of the molecule is Cc1ccccc1-n1nc(C(=O)O)c(/C=C\c2ccc(Cl)cc2Cl)c(C#N)c1=O. The molecule has 0 atom stereocenters. The number of halogens is 2. The smallest absolute Gasteiger partial charge is 0.357 e. The Balaban J connectivity index is 2.25. The first-order valence-electron chi connectivity index (χ1n) is 8.33. The number of para-hydroxylation sites is 1. The molecule has 1 N–H and O–H groups in total. The minimum Gasteiger partial charge on any atom is -0.476 e. The second-order valence-corrected chi connectivity index (χ2v) is 6.90. The highest BCUT2D eigenvalue weighted by molar-refractivity contribution is 6.35. The van der Waals surface area contributed by atoms with E-state index in [1.54, 1.807) is 49.4 Å². The Morgan fingerprint density at radius 2 is 1.93 bits per heavy atom. The van der Waals surface area contributed by atoms with Crippen molar-refractivity contribution >= 4 is 41.3 Å². The quantitative estimate of drug-likeness (QED) is 0.659. The molecule has 2 aromatic carbocycles. The molecule has 8 heteroatoms. The number of benzene rings is 2. The summed E-state index contributed by atoms with van der Waals surface area (Å²) in [5, 5.41) is 24.0. The molecule has 0 saturated heterocycles. The molecule has 0 unspecified atom stereocenters. The zero-order valence-electron chi connectivity index (χ0n) is 15.1. The van der Waals surface area contributed by atoms with Crippen molar-refractivity contribution < 1.29 is 9.90 Å². The Bertz CT molecular complexity index is 1260. The minimum atomic E-state index is -1.37. The van der Waals surface area contributed by atoms with E-state index in [-0.39, 0.29) is 11.1 Å². The predicted octanol–water partition coefficient (Wildman–Crippen LogP) is 4.59. The van der Waals surface area contributed by atoms with Crippen LogP contribution in [0.1, 0.15) is 32.7 Å². The molecule has 0 saturated carbocycles. The molecule has 1 heterocycles. The van der Waals surface area contributed by atoms with Crippen LogP contribution in [0.15, 0.2) is 47.3 Å². The van der Waals surface area contributed by atoms with E-state index < -0.39 is 17.2 Å². The van der Waals surface area contributed by atoms with Crippen molar-refractivity contribution in [1.82, 2.24) is 9.78 Å². The third-order valence-electron chi connectivity index (χ3n) is 4.18. The number of rotatable bonds is 4. The molecular weight excluding hydrogens is 413 g/mol. The van der Waals surface area contributed by atoms with Gasteiger partial charge in [0.2, 0.25) is 0 Å². The van der Waals surface area contributed by atoms with E-state index in [1.807, 2.05) is 0 Å². The first-order valence-corrected chi connectivity index (χ1v) is 9.09. The van der Waals surface area contributed by atoms with Crippen LogP contribution < -0.4 is 5.56 Å². The summed E-state index contributed by atoms with van der Waals surface area (Å²) in [7, 11) is 0. The van der Waals surface area contributed by atoms with Crippen LogP contribution in [0, 0.1) is 18.3 Å². The lowest BCUT2D eigenvalue weighted by atomic mass is 10.1. The highest BCUT2D eigenvalue weighted by atomic mass is 35.5. The number of carbonyl (C=O) groups is 1. The zero-order valence-corrected chi connectivity index (χ0v) is 16.6. The summed E-state index contributed by atoms with van der Waals surface area (Å²) in [6.07, 6.45) is 2.84. The minimum absolute atomic E-state index is 0.0964. The fourth-order valence-electron chi connectivity index (χ4n) is 2.74. The second-order valence-electron chi connectivity index (χ2n) is 6.06. The Morgan fingerprint density at radius 3 is 2.55 bits per heavy atom. The van der Waals surface area contributed by atoms with Crippen molar-refractivity contribution in [2.75, 3.05) is 0 Å². The van der Waals surface area contributed by atoms with Gasteiger partial charge in [-0.1, -0.05) is 59.6 Å². The molecule has 0 aliphatic carbocycles. The van der Waals surface area contributed by atoms with Gasteiger partial charge < -0.3 is 5.11 Å². The van der Waals surface area contributed by atoms with Gasteiger partial charge in [-0.15, -0.1) is 0 Å². The summed E-state index contributed by atoms with van der Waals surface area (Å²) in [6, 6.07) is 13.4. The summed E-state index contributed by atoms with van der Waals surface area (Å²) in [4.78, 5) is 24.7. The van der Waals surface area contributed by atoms with E-state index in [9.17, 15) is 20.0 Å². The Hall–Kier alpha value is -3.40. The van der Waals surface area contributed by atoms with Crippen molar-refractivity contribution in [1.29, 1.82) is 5.26 Å². The number of nitrogens with zero attached hydrogens (tertiary/aromatic N) is 3. The normalized spacial score (nSPS) is 10.8. The lowest BCUT2D eigenvalue weighted by Crippen LogP contribution is -2.28. The standard InChI is InChI=1S/C21H13Cl2N3O3/c1-12-4-2-3-5-18(12)26-20(27)16(11-24)15(19(25-26)21(28)29)9-7-13-6-8-14(22)10-17(13)23/h2-10H,1H3,(H,28,29)/b9-7-. The first-order chi connectivity index (χ1) is 13.8. The van der Waals surface area contributed by atoms with Crippen LogP contribution in [0.5, 0.6) is 0 Å². The monoisotopic (exact) mass is 425 g/mol. The number of hydrogen-bond acceptors (Lipinski definition) is 4. The maximum atomic E-state index is 12.9. The molecule has 0 aliphatic heterocycles. The molecule has 0 radical (unpaired) electrons. The van der Waals surface area contributed by atoms with Crippen LogP contribution in [0.25, 0.3) is 17.8 Å². The van der Waals surface area contributed by atoms with Gasteiger partial charge in [0.1, 0.15) is 11.6 Å². The molecular formula is C21H13Cl2N3O3. The average molecular weight is 426 g/mol. The largest absolute Gasteiger partial charge is 0.476 e. The first kappa shape index (κ1) is 20.3. The number of aromatic nitrogens is 2. The Morgan fingerprint density at radius 1 is 1.21 bits per heavy atom. The molecule has 0 spiro atoms. The van der Waals surface area contributed by atoms with Crippen LogP contribution in [0.4, 0.5) is 0 Å². The topological polar surface area (TPSA) is 96.0 Å². The number of nitriles is 1. The molecule has 1 aromatic heterocycles. The lowest BCUT2D eigenvalue weighted by molar-refractivity contribution is 0.0688. The van der Waals surface area contributed by atoms with E-state index in [2.05, 4.69) is 5.10 Å². The van der Waals surface area contributed by atoms with Crippen molar-refractivity contribution in [2.45, 2.75) is 6.92 Å². The Kier molecular flexibility index (Phi) is 5.83. The molecule has 0 amide bonds. The van der Waals surface area contributed by atoms with Crippen molar-refractivity contribution in [3.8, 4) is 11.8 Å². The fourth-order valence-corrected chi connectivity index (χ4v) is 3.21. The number of aromatic carboxylic acids is 1. The van der Waals surface area contributed by atoms with Gasteiger partial charge in [-0.3, -0.25) is 4.79 Å². The second kappa shape index (κ2) is 8.31. The van der Waals surface area contributed by atoms with Crippen molar-refractivity contribution in [2.24, 2.45) is 0 Å². The summed E-state index contributed by atoms with van der Waals surface area (Å²) in [5.74, 6) is -1.37. The van der Waals surface area contributed by atoms with Crippen LogP contribution in [-0.2, 0) is 0 Å². The molecule has 0 aliphatic rings. The van der Waals surface area contributed by atoms with Gasteiger partial charge in [0.05, 0.1) is 5.69 Å². The van der Waals surface area contributed by atoms with E-state index >= 15 is 0 Å². The highest BCUT2D eigenvalue weighted by Crippen LogP contribution is 2.24. The van der Waals surface area contributed by atoms with Gasteiger partial charge in [-0.2, -0.15) is 15.0 Å². The van der Waals surface area contributed by atoms with Crippen LogP contribution >= 0.6 is 23.2 Å². The molecule has 6 nitrogen and oxygen atoms in total. The fraction of sp³-hybridized carbons (Fsp3) is 0.0476. The van der Waals surface area contributed by atoms with Gasteiger partial charge in [0, 0.05) is 15.6 Å². The van der Waals surface area contributed by atoms with Gasteiger partial charge in [0.15, 0.2) is 5.69 Å². The maximum absolute atomic E-state index is 12.9. The number of carboxylic acids is 1. The van der Waals surface area contributed by atoms with E-state index in [0.29, 0.717) is 26.9 Å². The molecule has 0 bridgehead atoms. The summed E-state index contributed by atoms with van der Waals surface area (Å²) < 4.78 is 0.934. The molecule has 29 heavy (non-hydrogen) atoms. The van der Waals surface area contributed by atoms with Crippen molar-refractivity contribution in [3.63, 3.8) is 0 Å². The Labute approximate surface area is 175 Å². The van der Waals surface area contributed by atoms with Crippen LogP contribution in [0.3, 0.4) is 0 Å². The number of aryl methyl sites for hydroxylation is 1. The van der Waals surface area contributed by atoms with E-state index in [4.69, 9.17) is 23.2 Å². The maximum Gasteiger partial charge on any atom is 0.357 e. The van der Waals surface area contributed by atoms with E-state index in [1.165, 1.54) is 18.2 Å². The lowest BCUT2D eigenvalue weighted by Gasteiger charge is -2.11. The highest BCUT2D eigenvalue weighted by Gasteiger charge is 2.21. The van der Waals surface area contributed by atoms with E-state index in [0.717, 1.165) is 4.68 Å². The third-order valence-corrected chi connectivity index (χ3v) is 4.74. The van der Waals surface area contributed by atoms with Crippen LogP contribution in [-0.4, -0.2) is 20.9 Å². The van der Waals surface area contributed by atoms with Gasteiger partial charge >= 0.3 is 5.97 Å². The zero-order chi connectivity index (χ0) is 21.1. The van der Waals surface area contributed by atoms with Gasteiger partial charge in [-0.25, -0.2) is 4.79 Å². The molecule has 3 rings (SSSR count). The van der Waals surface area contributed by atoms with Crippen molar-refractivity contribution in [3.05, 3.63) is 90.8 Å². The van der Waals surface area contributed by atoms with Gasteiger partial charge in [0.25, 0.3) is 5.56 Å². The summed E-state index contributed by atoms with van der Waals surface area (Å²) in [5.41, 5.74) is 0.0768. The van der Waals surface area contributed by atoms with Gasteiger partial charge in [-0.05, 0) is 36.2 Å². The molecule has 3 aromatic rings. The molecule has 144 valence electrons. The summed E-state index contributed by atoms with van der Waals surface area (Å²) in [6.45, 7) is 1.76.